The SMILES string of the molecule is COc1cccc2c3c4n(c12)CCN(C)C4=NCC3. The molecular weight excluding hydrogens is 238 g/mol. The third kappa shape index (κ3) is 1.31. The first-order valence-electron chi connectivity index (χ1n) is 6.75. The van der Waals surface area contributed by atoms with E-state index >= 15 is 0 Å². The third-order valence-corrected chi connectivity index (χ3v) is 4.23. The Morgan fingerprint density at radius 2 is 2.16 bits per heavy atom. The number of likely N-dealkylation sites (N-methyl/N-ethyl adjacent to an activating group) is 1. The molecule has 19 heavy (non-hydrogen) atoms. The number of aromatic nitrogens is 1. The summed E-state index contributed by atoms with van der Waals surface area (Å²) in [6, 6.07) is 6.34. The van der Waals surface area contributed by atoms with E-state index in [0.29, 0.717) is 0 Å². The van der Waals surface area contributed by atoms with Gasteiger partial charge in [-0.1, -0.05) is 12.1 Å². The van der Waals surface area contributed by atoms with Gasteiger partial charge in [0.2, 0.25) is 0 Å². The monoisotopic (exact) mass is 255 g/mol. The molecule has 0 N–H and O–H groups in total. The molecule has 0 radical (unpaired) electrons. The highest BCUT2D eigenvalue weighted by Crippen LogP contribution is 2.36. The van der Waals surface area contributed by atoms with Gasteiger partial charge in [-0.2, -0.15) is 0 Å². The summed E-state index contributed by atoms with van der Waals surface area (Å²) in [7, 11) is 3.88. The van der Waals surface area contributed by atoms with Crippen molar-refractivity contribution in [2.75, 3.05) is 27.2 Å². The number of amidine groups is 1. The molecule has 1 aromatic carbocycles. The summed E-state index contributed by atoms with van der Waals surface area (Å²) in [4.78, 5) is 6.98. The Labute approximate surface area is 112 Å². The smallest absolute Gasteiger partial charge is 0.148 e. The van der Waals surface area contributed by atoms with Crippen molar-refractivity contribution >= 4 is 16.7 Å². The second kappa shape index (κ2) is 3.76. The predicted octanol–water partition coefficient (Wildman–Crippen LogP) is 1.90. The minimum Gasteiger partial charge on any atom is -0.495 e. The zero-order valence-corrected chi connectivity index (χ0v) is 11.3. The van der Waals surface area contributed by atoms with E-state index in [1.807, 2.05) is 6.07 Å². The molecule has 4 rings (SSSR count). The highest BCUT2D eigenvalue weighted by atomic mass is 16.5. The molecule has 0 atom stereocenters. The molecule has 0 unspecified atom stereocenters. The Morgan fingerprint density at radius 3 is 3.00 bits per heavy atom. The van der Waals surface area contributed by atoms with Crippen LogP contribution in [0.15, 0.2) is 23.2 Å². The number of hydrogen-bond donors (Lipinski definition) is 0. The van der Waals surface area contributed by atoms with Gasteiger partial charge in [-0.05, 0) is 18.1 Å². The maximum Gasteiger partial charge on any atom is 0.148 e. The molecule has 2 aliphatic heterocycles. The van der Waals surface area contributed by atoms with Crippen LogP contribution in [0.3, 0.4) is 0 Å². The maximum atomic E-state index is 5.56. The van der Waals surface area contributed by atoms with Gasteiger partial charge < -0.3 is 14.2 Å². The lowest BCUT2D eigenvalue weighted by molar-refractivity contribution is 0.409. The van der Waals surface area contributed by atoms with Crippen LogP contribution in [0, 0.1) is 0 Å². The molecule has 0 spiro atoms. The van der Waals surface area contributed by atoms with E-state index in [1.165, 1.54) is 22.2 Å². The summed E-state index contributed by atoms with van der Waals surface area (Å²) in [5.41, 5.74) is 3.97. The Morgan fingerprint density at radius 1 is 1.26 bits per heavy atom. The summed E-state index contributed by atoms with van der Waals surface area (Å²) in [6.07, 6.45) is 1.03. The summed E-state index contributed by atoms with van der Waals surface area (Å²) in [6.45, 7) is 2.90. The number of ether oxygens (including phenoxy) is 1. The zero-order valence-electron chi connectivity index (χ0n) is 11.3. The number of benzene rings is 1. The van der Waals surface area contributed by atoms with E-state index in [-0.39, 0.29) is 0 Å². The lowest BCUT2D eigenvalue weighted by Gasteiger charge is -2.31. The fourth-order valence-corrected chi connectivity index (χ4v) is 3.35. The summed E-state index contributed by atoms with van der Waals surface area (Å²) in [5.74, 6) is 2.11. The first-order valence-corrected chi connectivity index (χ1v) is 6.75. The lowest BCUT2D eigenvalue weighted by atomic mass is 10.0. The van der Waals surface area contributed by atoms with E-state index in [1.54, 1.807) is 7.11 Å². The van der Waals surface area contributed by atoms with E-state index in [0.717, 1.165) is 37.6 Å². The van der Waals surface area contributed by atoms with Crippen LogP contribution >= 0.6 is 0 Å². The van der Waals surface area contributed by atoms with Crippen molar-refractivity contribution in [2.24, 2.45) is 4.99 Å². The van der Waals surface area contributed by atoms with Crippen molar-refractivity contribution in [3.8, 4) is 5.75 Å². The molecule has 2 aliphatic rings. The van der Waals surface area contributed by atoms with Crippen molar-refractivity contribution < 1.29 is 4.74 Å². The standard InChI is InChI=1S/C15H17N3O/c1-17-8-9-18-13-10(4-3-5-12(13)19-2)11-6-7-16-15(17)14(11)18/h3-5H,6-9H2,1-2H3. The minimum absolute atomic E-state index is 0.892. The molecule has 0 saturated carbocycles. The topological polar surface area (TPSA) is 29.8 Å². The highest BCUT2D eigenvalue weighted by molar-refractivity contribution is 6.07. The Balaban J connectivity index is 2.13. The summed E-state index contributed by atoms with van der Waals surface area (Å²) >= 11 is 0. The number of nitrogens with zero attached hydrogens (tertiary/aromatic N) is 3. The van der Waals surface area contributed by atoms with Crippen LogP contribution in [0.5, 0.6) is 5.75 Å². The van der Waals surface area contributed by atoms with Gasteiger partial charge in [0.1, 0.15) is 11.6 Å². The van der Waals surface area contributed by atoms with Crippen molar-refractivity contribution in [1.82, 2.24) is 9.47 Å². The molecule has 4 heteroatoms. The molecule has 0 saturated heterocycles. The van der Waals surface area contributed by atoms with Crippen LogP contribution in [-0.4, -0.2) is 42.5 Å². The molecule has 0 bridgehead atoms. The average Bonchev–Trinajstić information content (AvgIpc) is 2.79. The Hall–Kier alpha value is -1.97. The van der Waals surface area contributed by atoms with E-state index in [9.17, 15) is 0 Å². The molecule has 2 aromatic rings. The van der Waals surface area contributed by atoms with Crippen LogP contribution in [0.25, 0.3) is 10.9 Å². The highest BCUT2D eigenvalue weighted by Gasteiger charge is 2.30. The van der Waals surface area contributed by atoms with E-state index in [2.05, 4.69) is 28.6 Å². The molecular formula is C15H17N3O. The molecule has 0 aliphatic carbocycles. The first-order chi connectivity index (χ1) is 9.31. The van der Waals surface area contributed by atoms with Gasteiger partial charge in [-0.3, -0.25) is 4.99 Å². The lowest BCUT2D eigenvalue weighted by Crippen LogP contribution is -2.39. The van der Waals surface area contributed by atoms with Crippen molar-refractivity contribution in [2.45, 2.75) is 13.0 Å². The summed E-state index contributed by atoms with van der Waals surface area (Å²) < 4.78 is 7.95. The Bertz CT molecular complexity index is 699. The molecule has 3 heterocycles. The summed E-state index contributed by atoms with van der Waals surface area (Å²) in [5, 5.41) is 1.33. The molecule has 1 aromatic heterocycles. The number of hydrogen-bond acceptors (Lipinski definition) is 3. The Kier molecular flexibility index (Phi) is 2.16. The van der Waals surface area contributed by atoms with Gasteiger partial charge in [-0.25, -0.2) is 0 Å². The van der Waals surface area contributed by atoms with Gasteiger partial charge in [-0.15, -0.1) is 0 Å². The van der Waals surface area contributed by atoms with Crippen LogP contribution in [0.4, 0.5) is 0 Å². The van der Waals surface area contributed by atoms with Crippen molar-refractivity contribution in [3.05, 3.63) is 29.5 Å². The first kappa shape index (κ1) is 10.9. The average molecular weight is 255 g/mol. The molecule has 0 fully saturated rings. The zero-order chi connectivity index (χ0) is 13.0. The second-order valence-electron chi connectivity index (χ2n) is 5.21. The molecule has 0 amide bonds. The van der Waals surface area contributed by atoms with E-state index in [4.69, 9.17) is 9.73 Å². The van der Waals surface area contributed by atoms with Crippen molar-refractivity contribution in [3.63, 3.8) is 0 Å². The predicted molar refractivity (Wildman–Crippen MR) is 76.2 cm³/mol. The largest absolute Gasteiger partial charge is 0.495 e. The van der Waals surface area contributed by atoms with Crippen LogP contribution in [0.1, 0.15) is 11.3 Å². The number of fused-ring (bicyclic) bond motifs is 3. The third-order valence-electron chi connectivity index (χ3n) is 4.23. The van der Waals surface area contributed by atoms with Gasteiger partial charge in [0, 0.05) is 32.1 Å². The van der Waals surface area contributed by atoms with Crippen LogP contribution in [0.2, 0.25) is 0 Å². The van der Waals surface area contributed by atoms with Gasteiger partial charge in [0.15, 0.2) is 0 Å². The number of aliphatic imine (C=N–C) groups is 1. The minimum atomic E-state index is 0.892. The van der Waals surface area contributed by atoms with Gasteiger partial charge in [0.05, 0.1) is 18.3 Å². The van der Waals surface area contributed by atoms with Crippen molar-refractivity contribution in [1.29, 1.82) is 0 Å². The van der Waals surface area contributed by atoms with Crippen LogP contribution in [-0.2, 0) is 13.0 Å². The number of methoxy groups -OCH3 is 1. The number of para-hydroxylation sites is 1. The quantitative estimate of drug-likeness (QED) is 0.779. The van der Waals surface area contributed by atoms with Gasteiger partial charge >= 0.3 is 0 Å². The molecule has 98 valence electrons. The fourth-order valence-electron chi connectivity index (χ4n) is 3.35. The van der Waals surface area contributed by atoms with Gasteiger partial charge in [0.25, 0.3) is 0 Å². The maximum absolute atomic E-state index is 5.56. The number of rotatable bonds is 1. The van der Waals surface area contributed by atoms with Crippen LogP contribution < -0.4 is 4.74 Å². The molecule has 4 nitrogen and oxygen atoms in total. The van der Waals surface area contributed by atoms with E-state index < -0.39 is 0 Å². The normalized spacial score (nSPS) is 17.4. The fraction of sp³-hybridized carbons (Fsp3) is 0.400. The second-order valence-corrected chi connectivity index (χ2v) is 5.21.